The van der Waals surface area contributed by atoms with Crippen LogP contribution >= 0.6 is 11.6 Å². The monoisotopic (exact) mass is 357 g/mol. The van der Waals surface area contributed by atoms with E-state index in [9.17, 15) is 15.2 Å². The maximum absolute atomic E-state index is 12.5. The number of allylic oxidation sites excluding steroid dienone is 1. The van der Waals surface area contributed by atoms with Gasteiger partial charge in [-0.1, -0.05) is 11.6 Å². The molecule has 0 fully saturated rings. The molecule has 0 saturated heterocycles. The van der Waals surface area contributed by atoms with Gasteiger partial charge in [0.1, 0.15) is 17.4 Å². The van der Waals surface area contributed by atoms with Crippen LogP contribution in [0.15, 0.2) is 42.0 Å². The molecule has 0 atom stereocenters. The molecular formula is C19H16ClNO4. The second-order valence-electron chi connectivity index (χ2n) is 5.01. The molecule has 0 radical (unpaired) electrons. The molecule has 0 unspecified atom stereocenters. The summed E-state index contributed by atoms with van der Waals surface area (Å²) in [6.45, 7) is 2.11. The van der Waals surface area contributed by atoms with Crippen molar-refractivity contribution in [2.45, 2.75) is 6.92 Å². The first-order chi connectivity index (χ1) is 12.0. The van der Waals surface area contributed by atoms with Gasteiger partial charge in [0.25, 0.3) is 0 Å². The van der Waals surface area contributed by atoms with Crippen LogP contribution in [-0.4, -0.2) is 24.6 Å². The maximum Gasteiger partial charge on any atom is 0.203 e. The summed E-state index contributed by atoms with van der Waals surface area (Å²) >= 11 is 5.97. The Balaban J connectivity index is 2.39. The molecule has 1 N–H and O–H groups in total. The molecule has 2 aromatic carbocycles. The summed E-state index contributed by atoms with van der Waals surface area (Å²) in [6.07, 6.45) is 1.40. The zero-order chi connectivity index (χ0) is 18.4. The summed E-state index contributed by atoms with van der Waals surface area (Å²) in [5.74, 6) is 0.203. The summed E-state index contributed by atoms with van der Waals surface area (Å²) in [5.41, 5.74) is 0.780. The number of rotatable bonds is 6. The molecule has 0 aliphatic carbocycles. The molecule has 2 rings (SSSR count). The Morgan fingerprint density at radius 3 is 2.56 bits per heavy atom. The average Bonchev–Trinajstić information content (AvgIpc) is 2.63. The summed E-state index contributed by atoms with van der Waals surface area (Å²) in [5, 5.41) is 19.3. The zero-order valence-electron chi connectivity index (χ0n) is 13.7. The molecule has 0 spiro atoms. The molecule has 5 nitrogen and oxygen atoms in total. The third kappa shape index (κ3) is 4.31. The van der Waals surface area contributed by atoms with Crippen LogP contribution in [0.3, 0.4) is 0 Å². The third-order valence-corrected chi connectivity index (χ3v) is 3.67. The van der Waals surface area contributed by atoms with Crippen molar-refractivity contribution in [2.24, 2.45) is 0 Å². The molecule has 0 amide bonds. The van der Waals surface area contributed by atoms with Crippen LogP contribution in [-0.2, 0) is 0 Å². The molecule has 0 saturated carbocycles. The van der Waals surface area contributed by atoms with E-state index in [0.717, 1.165) is 0 Å². The van der Waals surface area contributed by atoms with Crippen molar-refractivity contribution >= 4 is 23.5 Å². The maximum atomic E-state index is 12.5. The molecule has 0 aromatic heterocycles. The minimum atomic E-state index is -0.424. The zero-order valence-corrected chi connectivity index (χ0v) is 14.5. The second-order valence-corrected chi connectivity index (χ2v) is 5.42. The van der Waals surface area contributed by atoms with Crippen LogP contribution in [0.5, 0.6) is 17.2 Å². The predicted molar refractivity (Wildman–Crippen MR) is 95.2 cm³/mol. The number of aromatic hydroxyl groups is 1. The van der Waals surface area contributed by atoms with Crippen molar-refractivity contribution in [3.63, 3.8) is 0 Å². The Morgan fingerprint density at radius 1 is 1.32 bits per heavy atom. The summed E-state index contributed by atoms with van der Waals surface area (Å²) in [6, 6.07) is 11.3. The lowest BCUT2D eigenvalue weighted by molar-refractivity contribution is 0.104. The number of benzene rings is 2. The number of halogens is 1. The Morgan fingerprint density at radius 2 is 2.00 bits per heavy atom. The van der Waals surface area contributed by atoms with E-state index < -0.39 is 5.78 Å². The highest BCUT2D eigenvalue weighted by Crippen LogP contribution is 2.36. The highest BCUT2D eigenvalue weighted by Gasteiger charge is 2.14. The van der Waals surface area contributed by atoms with Crippen LogP contribution in [0, 0.1) is 11.3 Å². The molecule has 6 heteroatoms. The second kappa shape index (κ2) is 8.22. The number of ether oxygens (including phenoxy) is 2. The number of nitrogens with zero attached hydrogens (tertiary/aromatic N) is 1. The Kier molecular flexibility index (Phi) is 6.04. The SMILES string of the molecule is CCOc1cc(/C=C(\C#N)C(=O)c2ccc(OC)cc2)cc(Cl)c1O. The lowest BCUT2D eigenvalue weighted by atomic mass is 10.0. The van der Waals surface area contributed by atoms with Gasteiger partial charge in [-0.2, -0.15) is 5.26 Å². The summed E-state index contributed by atoms with van der Waals surface area (Å²) in [4.78, 5) is 12.5. The van der Waals surface area contributed by atoms with E-state index in [-0.39, 0.29) is 22.1 Å². The molecule has 25 heavy (non-hydrogen) atoms. The van der Waals surface area contributed by atoms with E-state index in [1.165, 1.54) is 25.3 Å². The van der Waals surface area contributed by atoms with E-state index >= 15 is 0 Å². The van der Waals surface area contributed by atoms with E-state index in [2.05, 4.69) is 0 Å². The molecule has 0 heterocycles. The van der Waals surface area contributed by atoms with Crippen LogP contribution < -0.4 is 9.47 Å². The van der Waals surface area contributed by atoms with E-state index in [1.54, 1.807) is 31.2 Å². The number of carbonyl (C=O) groups is 1. The van der Waals surface area contributed by atoms with Crippen LogP contribution in [0.2, 0.25) is 5.02 Å². The topological polar surface area (TPSA) is 79.5 Å². The number of Topliss-reactive ketones (excluding diaryl/α,β-unsaturated/α-hetero) is 1. The largest absolute Gasteiger partial charge is 0.503 e. The smallest absolute Gasteiger partial charge is 0.203 e. The highest BCUT2D eigenvalue weighted by atomic mass is 35.5. The normalized spacial score (nSPS) is 10.9. The minimum Gasteiger partial charge on any atom is -0.503 e. The molecule has 0 aliphatic rings. The van der Waals surface area contributed by atoms with Crippen molar-refractivity contribution < 1.29 is 19.4 Å². The lowest BCUT2D eigenvalue weighted by Crippen LogP contribution is -2.02. The van der Waals surface area contributed by atoms with Gasteiger partial charge in [0.2, 0.25) is 5.78 Å². The van der Waals surface area contributed by atoms with E-state index in [4.69, 9.17) is 21.1 Å². The molecule has 2 aromatic rings. The number of carbonyl (C=O) groups excluding carboxylic acids is 1. The first kappa shape index (κ1) is 18.4. The average molecular weight is 358 g/mol. The number of hydrogen-bond donors (Lipinski definition) is 1. The van der Waals surface area contributed by atoms with Crippen molar-refractivity contribution in [1.82, 2.24) is 0 Å². The Hall–Kier alpha value is -2.97. The van der Waals surface area contributed by atoms with Gasteiger partial charge in [-0.05, 0) is 55.0 Å². The Labute approximate surface area is 150 Å². The lowest BCUT2D eigenvalue weighted by Gasteiger charge is -2.09. The van der Waals surface area contributed by atoms with Gasteiger partial charge < -0.3 is 14.6 Å². The number of hydrogen-bond acceptors (Lipinski definition) is 5. The van der Waals surface area contributed by atoms with Crippen molar-refractivity contribution in [2.75, 3.05) is 13.7 Å². The highest BCUT2D eigenvalue weighted by molar-refractivity contribution is 6.32. The van der Waals surface area contributed by atoms with Crippen molar-refractivity contribution in [3.05, 3.63) is 58.1 Å². The van der Waals surface area contributed by atoms with Gasteiger partial charge in [-0.15, -0.1) is 0 Å². The summed E-state index contributed by atoms with van der Waals surface area (Å²) < 4.78 is 10.3. The van der Waals surface area contributed by atoms with E-state index in [0.29, 0.717) is 23.5 Å². The van der Waals surface area contributed by atoms with Gasteiger partial charge in [0.05, 0.1) is 18.7 Å². The number of methoxy groups -OCH3 is 1. The first-order valence-electron chi connectivity index (χ1n) is 7.46. The number of nitriles is 1. The molecule has 128 valence electrons. The fraction of sp³-hybridized carbons (Fsp3) is 0.158. The number of ketones is 1. The third-order valence-electron chi connectivity index (χ3n) is 3.38. The summed E-state index contributed by atoms with van der Waals surface area (Å²) in [7, 11) is 1.53. The fourth-order valence-electron chi connectivity index (χ4n) is 2.16. The molecule has 0 aliphatic heterocycles. The predicted octanol–water partition coefficient (Wildman–Crippen LogP) is 4.24. The number of phenolic OH excluding ortho intramolecular Hbond substituents is 1. The minimum absolute atomic E-state index is 0.0608. The van der Waals surface area contributed by atoms with Gasteiger partial charge in [-0.25, -0.2) is 0 Å². The van der Waals surface area contributed by atoms with Crippen molar-refractivity contribution in [1.29, 1.82) is 5.26 Å². The fourth-order valence-corrected chi connectivity index (χ4v) is 2.37. The standard InChI is InChI=1S/C19H16ClNO4/c1-3-25-17-10-12(9-16(20)19(17)23)8-14(11-21)18(22)13-4-6-15(24-2)7-5-13/h4-10,23H,3H2,1-2H3/b14-8+. The quantitative estimate of drug-likeness (QED) is 0.475. The van der Waals surface area contributed by atoms with Crippen LogP contribution in [0.4, 0.5) is 0 Å². The van der Waals surface area contributed by atoms with Gasteiger partial charge >= 0.3 is 0 Å². The van der Waals surface area contributed by atoms with Crippen LogP contribution in [0.1, 0.15) is 22.8 Å². The van der Waals surface area contributed by atoms with Crippen molar-refractivity contribution in [3.8, 4) is 23.3 Å². The molecule has 0 bridgehead atoms. The van der Waals surface area contributed by atoms with Crippen LogP contribution in [0.25, 0.3) is 6.08 Å². The Bertz CT molecular complexity index is 851. The first-order valence-corrected chi connectivity index (χ1v) is 7.83. The van der Waals surface area contributed by atoms with Gasteiger partial charge in [-0.3, -0.25) is 4.79 Å². The van der Waals surface area contributed by atoms with Gasteiger partial charge in [0, 0.05) is 5.56 Å². The van der Waals surface area contributed by atoms with E-state index in [1.807, 2.05) is 6.07 Å². The number of phenols is 1. The van der Waals surface area contributed by atoms with Gasteiger partial charge in [0.15, 0.2) is 11.5 Å². The molecular weight excluding hydrogens is 342 g/mol.